The molecule has 0 radical (unpaired) electrons. The maximum Gasteiger partial charge on any atom is 0.272 e. The van der Waals surface area contributed by atoms with Crippen molar-refractivity contribution in [3.63, 3.8) is 0 Å². The van der Waals surface area contributed by atoms with Crippen molar-refractivity contribution >= 4 is 22.8 Å². The summed E-state index contributed by atoms with van der Waals surface area (Å²) in [5.41, 5.74) is 1.15. The third-order valence-electron chi connectivity index (χ3n) is 5.12. The van der Waals surface area contributed by atoms with Gasteiger partial charge in [-0.15, -0.1) is 0 Å². The van der Waals surface area contributed by atoms with Gasteiger partial charge in [0.25, 0.3) is 5.91 Å². The van der Waals surface area contributed by atoms with E-state index in [4.69, 9.17) is 0 Å². The molecule has 152 valence electrons. The average Bonchev–Trinajstić information content (AvgIpc) is 3.27. The van der Waals surface area contributed by atoms with Gasteiger partial charge in [0.1, 0.15) is 23.7 Å². The van der Waals surface area contributed by atoms with Crippen LogP contribution in [0.3, 0.4) is 0 Å². The fourth-order valence-corrected chi connectivity index (χ4v) is 3.59. The number of nitrogens with one attached hydrogen (secondary N) is 2. The molecule has 1 aliphatic rings. The maximum absolute atomic E-state index is 13.4. The van der Waals surface area contributed by atoms with Gasteiger partial charge in [0, 0.05) is 13.6 Å². The fraction of sp³-hybridized carbons (Fsp3) is 0.368. The van der Waals surface area contributed by atoms with E-state index < -0.39 is 18.2 Å². The lowest BCUT2D eigenvalue weighted by Crippen LogP contribution is -2.34. The van der Waals surface area contributed by atoms with Crippen LogP contribution in [-0.2, 0) is 6.54 Å². The molecule has 0 unspecified atom stereocenters. The monoisotopic (exact) mass is 400 g/mol. The van der Waals surface area contributed by atoms with E-state index in [0.717, 1.165) is 0 Å². The lowest BCUT2D eigenvalue weighted by Gasteiger charge is -2.20. The van der Waals surface area contributed by atoms with E-state index in [1.54, 1.807) is 19.2 Å². The molecule has 4 N–H and O–H groups in total. The molecule has 1 saturated carbocycles. The minimum absolute atomic E-state index is 0.190. The Hall–Kier alpha value is -3.11. The molecule has 1 aliphatic carbocycles. The molecular formula is C19H21FN6O3. The topological polar surface area (TPSA) is 127 Å². The average molecular weight is 400 g/mol. The zero-order valence-electron chi connectivity index (χ0n) is 15.7. The van der Waals surface area contributed by atoms with Crippen LogP contribution in [0.15, 0.2) is 30.6 Å². The smallest absolute Gasteiger partial charge is 0.272 e. The summed E-state index contributed by atoms with van der Waals surface area (Å²) in [5, 5.41) is 30.2. The summed E-state index contributed by atoms with van der Waals surface area (Å²) in [6.45, 7) is 0.209. The van der Waals surface area contributed by atoms with Crippen LogP contribution in [0.25, 0.3) is 11.0 Å². The van der Waals surface area contributed by atoms with Crippen LogP contribution in [0.1, 0.15) is 28.9 Å². The van der Waals surface area contributed by atoms with Gasteiger partial charge >= 0.3 is 0 Å². The van der Waals surface area contributed by atoms with Crippen molar-refractivity contribution in [1.82, 2.24) is 25.1 Å². The number of nitrogens with zero attached hydrogens (tertiary/aromatic N) is 4. The number of aliphatic hydroxyl groups is 2. The summed E-state index contributed by atoms with van der Waals surface area (Å²) >= 11 is 0. The van der Waals surface area contributed by atoms with Crippen LogP contribution >= 0.6 is 0 Å². The van der Waals surface area contributed by atoms with Crippen molar-refractivity contribution in [2.45, 2.75) is 37.6 Å². The van der Waals surface area contributed by atoms with E-state index >= 15 is 0 Å². The van der Waals surface area contributed by atoms with Crippen LogP contribution in [0, 0.1) is 5.82 Å². The van der Waals surface area contributed by atoms with Gasteiger partial charge in [-0.25, -0.2) is 14.4 Å². The van der Waals surface area contributed by atoms with Crippen molar-refractivity contribution in [1.29, 1.82) is 0 Å². The predicted octanol–water partition coefficient (Wildman–Crippen LogP) is 1.06. The quantitative estimate of drug-likeness (QED) is 0.504. The molecule has 1 amide bonds. The summed E-state index contributed by atoms with van der Waals surface area (Å²) in [6.07, 6.45) is 0.623. The molecule has 10 heteroatoms. The summed E-state index contributed by atoms with van der Waals surface area (Å²) < 4.78 is 13.4. The molecule has 0 spiro atoms. The zero-order chi connectivity index (χ0) is 20.5. The number of fused-ring (bicyclic) bond motifs is 1. The number of aromatic nitrogens is 4. The molecule has 1 fully saturated rings. The number of halogens is 1. The maximum atomic E-state index is 13.4. The molecule has 2 aromatic heterocycles. The molecular weight excluding hydrogens is 379 g/mol. The number of anilines is 1. The standard InChI is InChI=1S/C19H21FN6O3/c1-26(8-10-3-2-4-11(20)7-10)19(29)15-14-17(21-9-22-18(14)25-24-15)23-12-5-6-13(27)16(12)28/h2-4,7,9,12-13,16,27-28H,5-6,8H2,1H3,(H2,21,22,23,24,25)/t12-,13-,16+/m1/s1. The van der Waals surface area contributed by atoms with Crippen molar-refractivity contribution in [2.24, 2.45) is 0 Å². The highest BCUT2D eigenvalue weighted by Crippen LogP contribution is 2.28. The van der Waals surface area contributed by atoms with Gasteiger partial charge in [0.2, 0.25) is 0 Å². The molecule has 0 aliphatic heterocycles. The molecule has 0 bridgehead atoms. The van der Waals surface area contributed by atoms with Crippen molar-refractivity contribution < 1.29 is 19.4 Å². The minimum Gasteiger partial charge on any atom is -0.390 e. The highest BCUT2D eigenvalue weighted by molar-refractivity contribution is 6.07. The minimum atomic E-state index is -0.929. The third-order valence-corrected chi connectivity index (χ3v) is 5.12. The molecule has 3 aromatic rings. The predicted molar refractivity (Wildman–Crippen MR) is 103 cm³/mol. The van der Waals surface area contributed by atoms with Gasteiger partial charge in [-0.2, -0.15) is 5.10 Å². The van der Waals surface area contributed by atoms with Gasteiger partial charge < -0.3 is 20.4 Å². The summed E-state index contributed by atoms with van der Waals surface area (Å²) in [4.78, 5) is 22.7. The van der Waals surface area contributed by atoms with Crippen molar-refractivity contribution in [3.05, 3.63) is 47.7 Å². The largest absolute Gasteiger partial charge is 0.390 e. The lowest BCUT2D eigenvalue weighted by molar-refractivity contribution is 0.0392. The first kappa shape index (κ1) is 19.2. The van der Waals surface area contributed by atoms with Crippen LogP contribution in [-0.4, -0.2) is 66.5 Å². The Morgan fingerprint density at radius 3 is 2.90 bits per heavy atom. The summed E-state index contributed by atoms with van der Waals surface area (Å²) in [7, 11) is 1.61. The Morgan fingerprint density at radius 1 is 1.34 bits per heavy atom. The molecule has 3 atom stereocenters. The van der Waals surface area contributed by atoms with Gasteiger partial charge in [-0.05, 0) is 30.5 Å². The van der Waals surface area contributed by atoms with E-state index in [2.05, 4.69) is 25.5 Å². The second-order valence-corrected chi connectivity index (χ2v) is 7.20. The molecule has 2 heterocycles. The van der Waals surface area contributed by atoms with E-state index in [9.17, 15) is 19.4 Å². The Bertz CT molecular complexity index is 1040. The fourth-order valence-electron chi connectivity index (χ4n) is 3.59. The second kappa shape index (κ2) is 7.72. The first-order valence-corrected chi connectivity index (χ1v) is 9.25. The number of carbonyl (C=O) groups is 1. The summed E-state index contributed by atoms with van der Waals surface area (Å²) in [5.74, 6) is -0.376. The number of rotatable bonds is 5. The van der Waals surface area contributed by atoms with Crippen LogP contribution in [0.5, 0.6) is 0 Å². The number of aromatic amines is 1. The van der Waals surface area contributed by atoms with Gasteiger partial charge in [0.15, 0.2) is 5.65 Å². The van der Waals surface area contributed by atoms with Gasteiger partial charge in [0.05, 0.1) is 23.6 Å². The van der Waals surface area contributed by atoms with E-state index in [1.807, 2.05) is 0 Å². The number of aliphatic hydroxyl groups excluding tert-OH is 2. The van der Waals surface area contributed by atoms with Crippen LogP contribution < -0.4 is 5.32 Å². The number of H-pyrrole nitrogens is 1. The number of amides is 1. The molecule has 29 heavy (non-hydrogen) atoms. The Morgan fingerprint density at radius 2 is 2.17 bits per heavy atom. The zero-order valence-corrected chi connectivity index (χ0v) is 15.7. The highest BCUT2D eigenvalue weighted by Gasteiger charge is 2.34. The Kier molecular flexibility index (Phi) is 5.12. The van der Waals surface area contributed by atoms with Crippen LogP contribution in [0.2, 0.25) is 0 Å². The molecule has 4 rings (SSSR count). The Labute approximate surface area is 165 Å². The van der Waals surface area contributed by atoms with E-state index in [0.29, 0.717) is 35.3 Å². The van der Waals surface area contributed by atoms with Gasteiger partial charge in [-0.3, -0.25) is 9.89 Å². The molecule has 1 aromatic carbocycles. The third kappa shape index (κ3) is 3.76. The van der Waals surface area contributed by atoms with E-state index in [-0.39, 0.29) is 24.0 Å². The highest BCUT2D eigenvalue weighted by atomic mass is 19.1. The SMILES string of the molecule is CN(Cc1cccc(F)c1)C(=O)c1[nH]nc2ncnc(N[C@@H]3CC[C@@H](O)[C@H]3O)c12. The molecule has 0 saturated heterocycles. The van der Waals surface area contributed by atoms with Gasteiger partial charge in [-0.1, -0.05) is 12.1 Å². The van der Waals surface area contributed by atoms with Crippen molar-refractivity contribution in [2.75, 3.05) is 12.4 Å². The number of hydrogen-bond donors (Lipinski definition) is 4. The van der Waals surface area contributed by atoms with Crippen molar-refractivity contribution in [3.8, 4) is 0 Å². The van der Waals surface area contributed by atoms with E-state index in [1.165, 1.54) is 23.4 Å². The first-order chi connectivity index (χ1) is 13.9. The molecule has 9 nitrogen and oxygen atoms in total. The number of hydrogen-bond acceptors (Lipinski definition) is 7. The normalized spacial score (nSPS) is 21.4. The number of carbonyl (C=O) groups excluding carboxylic acids is 1. The first-order valence-electron chi connectivity index (χ1n) is 9.25. The van der Waals surface area contributed by atoms with Crippen LogP contribution in [0.4, 0.5) is 10.2 Å². The second-order valence-electron chi connectivity index (χ2n) is 7.20. The summed E-state index contributed by atoms with van der Waals surface area (Å²) in [6, 6.07) is 5.65. The lowest BCUT2D eigenvalue weighted by atomic mass is 10.1. The Balaban J connectivity index is 1.61. The number of benzene rings is 1.